The minimum Gasteiger partial charge on any atom is -0.369 e. The lowest BCUT2D eigenvalue weighted by molar-refractivity contribution is -0.0543. The third-order valence-corrected chi connectivity index (χ3v) is 8.34. The number of rotatable bonds is 5. The Hall–Kier alpha value is -2.41. The van der Waals surface area contributed by atoms with Crippen molar-refractivity contribution in [2.24, 2.45) is 0 Å². The molecule has 5 rings (SSSR count). The van der Waals surface area contributed by atoms with Gasteiger partial charge in [-0.25, -0.2) is 4.98 Å². The second-order valence-corrected chi connectivity index (χ2v) is 10.6. The lowest BCUT2D eigenvalue weighted by Gasteiger charge is -2.32. The van der Waals surface area contributed by atoms with Crippen molar-refractivity contribution in [3.63, 3.8) is 0 Å². The molecule has 0 radical (unpaired) electrons. The van der Waals surface area contributed by atoms with Gasteiger partial charge in [-0.2, -0.15) is 0 Å². The molecule has 0 N–H and O–H groups in total. The van der Waals surface area contributed by atoms with Gasteiger partial charge in [0.25, 0.3) is 5.56 Å². The molecule has 0 unspecified atom stereocenters. The zero-order valence-corrected chi connectivity index (χ0v) is 20.2. The van der Waals surface area contributed by atoms with Crippen LogP contribution in [0.5, 0.6) is 0 Å². The van der Waals surface area contributed by atoms with E-state index in [0.717, 1.165) is 55.7 Å². The summed E-state index contributed by atoms with van der Waals surface area (Å²) in [5, 5.41) is 1.49. The molecule has 0 bridgehead atoms. The van der Waals surface area contributed by atoms with E-state index in [1.54, 1.807) is 27.7 Å². The average molecular weight is 463 g/mol. The number of aryl methyl sites for hydroxylation is 1. The summed E-state index contributed by atoms with van der Waals surface area (Å²) in [7, 11) is 0. The molecule has 0 aliphatic carbocycles. The van der Waals surface area contributed by atoms with Crippen LogP contribution in [0.3, 0.4) is 0 Å². The molecule has 1 aliphatic heterocycles. The largest absolute Gasteiger partial charge is 0.369 e. The molecule has 0 amide bonds. The molecule has 3 heterocycles. The Bertz CT molecular complexity index is 1330. The second kappa shape index (κ2) is 8.50. The van der Waals surface area contributed by atoms with E-state index in [0.29, 0.717) is 6.61 Å². The van der Waals surface area contributed by atoms with Crippen LogP contribution >= 0.6 is 23.1 Å². The Morgan fingerprint density at radius 2 is 1.91 bits per heavy atom. The Labute approximate surface area is 196 Å². The van der Waals surface area contributed by atoms with Crippen molar-refractivity contribution < 1.29 is 4.74 Å². The molecular weight excluding hydrogens is 436 g/mol. The molecule has 32 heavy (non-hydrogen) atoms. The van der Waals surface area contributed by atoms with Gasteiger partial charge in [-0.05, 0) is 43.5 Å². The van der Waals surface area contributed by atoms with Crippen LogP contribution in [0.1, 0.15) is 41.8 Å². The van der Waals surface area contributed by atoms with Crippen LogP contribution in [-0.4, -0.2) is 15.2 Å². The van der Waals surface area contributed by atoms with Gasteiger partial charge in [0.05, 0.1) is 23.3 Å². The van der Waals surface area contributed by atoms with Crippen LogP contribution in [0.25, 0.3) is 15.9 Å². The predicted molar refractivity (Wildman–Crippen MR) is 133 cm³/mol. The van der Waals surface area contributed by atoms with Crippen LogP contribution in [0.4, 0.5) is 0 Å². The third kappa shape index (κ3) is 3.91. The van der Waals surface area contributed by atoms with E-state index in [-0.39, 0.29) is 11.2 Å². The molecule has 164 valence electrons. The number of nitrogens with zero attached hydrogens (tertiary/aromatic N) is 2. The first kappa shape index (κ1) is 21.4. The van der Waals surface area contributed by atoms with Crippen molar-refractivity contribution in [1.82, 2.24) is 9.55 Å². The molecule has 0 spiro atoms. The van der Waals surface area contributed by atoms with Gasteiger partial charge in [0.15, 0.2) is 5.16 Å². The molecule has 0 saturated heterocycles. The van der Waals surface area contributed by atoms with Gasteiger partial charge in [-0.1, -0.05) is 66.7 Å². The Morgan fingerprint density at radius 1 is 1.16 bits per heavy atom. The molecular formula is C26H26N2O2S2. The lowest BCUT2D eigenvalue weighted by atomic mass is 9.90. The van der Waals surface area contributed by atoms with Crippen LogP contribution in [0.2, 0.25) is 0 Å². The molecule has 0 saturated carbocycles. The number of thiophene rings is 1. The fourth-order valence-electron chi connectivity index (χ4n) is 4.07. The number of hydrogen-bond donors (Lipinski definition) is 0. The molecule has 4 aromatic rings. The van der Waals surface area contributed by atoms with Crippen molar-refractivity contribution in [2.45, 2.75) is 56.7 Å². The molecule has 2 aromatic heterocycles. The van der Waals surface area contributed by atoms with Gasteiger partial charge >= 0.3 is 0 Å². The SMILES string of the molecule is CC[C@@]1(C)Cc2c(sc3nc(SCc4ccccc4)n(-c4ccc(C)cc4)c(=O)c23)CO1. The van der Waals surface area contributed by atoms with Crippen molar-refractivity contribution >= 4 is 33.3 Å². The van der Waals surface area contributed by atoms with Gasteiger partial charge < -0.3 is 4.74 Å². The molecule has 2 aromatic carbocycles. The second-order valence-electron chi connectivity index (χ2n) is 8.60. The first-order valence-electron chi connectivity index (χ1n) is 10.9. The van der Waals surface area contributed by atoms with E-state index in [9.17, 15) is 4.79 Å². The van der Waals surface area contributed by atoms with Gasteiger partial charge in [-0.3, -0.25) is 9.36 Å². The first-order valence-corrected chi connectivity index (χ1v) is 12.7. The first-order chi connectivity index (χ1) is 15.5. The van der Waals surface area contributed by atoms with E-state index in [1.165, 1.54) is 5.56 Å². The monoisotopic (exact) mass is 462 g/mol. The predicted octanol–water partition coefficient (Wildman–Crippen LogP) is 6.29. The maximum atomic E-state index is 14.0. The van der Waals surface area contributed by atoms with E-state index in [4.69, 9.17) is 9.72 Å². The average Bonchev–Trinajstić information content (AvgIpc) is 3.17. The fourth-order valence-corrected chi connectivity index (χ4v) is 6.18. The summed E-state index contributed by atoms with van der Waals surface area (Å²) in [6, 6.07) is 18.4. The van der Waals surface area contributed by atoms with E-state index in [1.807, 2.05) is 42.5 Å². The zero-order valence-electron chi connectivity index (χ0n) is 18.6. The minimum atomic E-state index is -0.233. The topological polar surface area (TPSA) is 44.1 Å². The zero-order chi connectivity index (χ0) is 22.3. The highest BCUT2D eigenvalue weighted by molar-refractivity contribution is 7.98. The van der Waals surface area contributed by atoms with Crippen molar-refractivity contribution in [1.29, 1.82) is 0 Å². The van der Waals surface area contributed by atoms with E-state index in [2.05, 4.69) is 32.9 Å². The number of fused-ring (bicyclic) bond motifs is 3. The lowest BCUT2D eigenvalue weighted by Crippen LogP contribution is -2.34. The molecule has 6 heteroatoms. The summed E-state index contributed by atoms with van der Waals surface area (Å²) in [6.07, 6.45) is 1.66. The minimum absolute atomic E-state index is 0.0206. The van der Waals surface area contributed by atoms with Crippen LogP contribution in [0, 0.1) is 6.92 Å². The van der Waals surface area contributed by atoms with Crippen LogP contribution in [0.15, 0.2) is 64.5 Å². The maximum absolute atomic E-state index is 14.0. The maximum Gasteiger partial charge on any atom is 0.267 e. The Kier molecular flexibility index (Phi) is 5.70. The normalized spacial score (nSPS) is 18.1. The Balaban J connectivity index is 1.67. The number of aromatic nitrogens is 2. The summed E-state index contributed by atoms with van der Waals surface area (Å²) < 4.78 is 7.94. The number of ether oxygens (including phenoxy) is 1. The highest BCUT2D eigenvalue weighted by Gasteiger charge is 2.33. The number of benzene rings is 2. The summed E-state index contributed by atoms with van der Waals surface area (Å²) in [6.45, 7) is 6.88. The van der Waals surface area contributed by atoms with Crippen molar-refractivity contribution in [2.75, 3.05) is 0 Å². The molecule has 1 atom stereocenters. The van der Waals surface area contributed by atoms with E-state index >= 15 is 0 Å². The summed E-state index contributed by atoms with van der Waals surface area (Å²) >= 11 is 3.21. The van der Waals surface area contributed by atoms with Gasteiger partial charge in [0.1, 0.15) is 4.83 Å². The fraction of sp³-hybridized carbons (Fsp3) is 0.308. The van der Waals surface area contributed by atoms with Gasteiger partial charge in [-0.15, -0.1) is 11.3 Å². The quantitative estimate of drug-likeness (QED) is 0.258. The summed E-state index contributed by atoms with van der Waals surface area (Å²) in [5.74, 6) is 0.757. The van der Waals surface area contributed by atoms with Crippen LogP contribution < -0.4 is 5.56 Å². The highest BCUT2D eigenvalue weighted by Crippen LogP contribution is 2.39. The van der Waals surface area contributed by atoms with Crippen molar-refractivity contribution in [3.8, 4) is 5.69 Å². The Morgan fingerprint density at radius 3 is 2.62 bits per heavy atom. The van der Waals surface area contributed by atoms with Crippen molar-refractivity contribution in [3.05, 3.63) is 86.5 Å². The van der Waals surface area contributed by atoms with Gasteiger partial charge in [0.2, 0.25) is 0 Å². The molecule has 0 fully saturated rings. The number of hydrogen-bond acceptors (Lipinski definition) is 5. The van der Waals surface area contributed by atoms with Crippen LogP contribution in [-0.2, 0) is 23.5 Å². The molecule has 1 aliphatic rings. The third-order valence-electron chi connectivity index (χ3n) is 6.23. The smallest absolute Gasteiger partial charge is 0.267 e. The standard InChI is InChI=1S/C26H26N2O2S2/c1-4-26(3)14-20-21(15-30-26)32-23-22(20)24(29)28(19-12-10-17(2)11-13-19)25(27-23)31-16-18-8-6-5-7-9-18/h5-13H,4,14-16H2,1-3H3/t26-/m0/s1. The highest BCUT2D eigenvalue weighted by atomic mass is 32.2. The summed E-state index contributed by atoms with van der Waals surface area (Å²) in [4.78, 5) is 20.9. The molecule has 4 nitrogen and oxygen atoms in total. The number of thioether (sulfide) groups is 1. The van der Waals surface area contributed by atoms with E-state index < -0.39 is 0 Å². The van der Waals surface area contributed by atoms with Gasteiger partial charge in [0, 0.05) is 17.1 Å². The summed E-state index contributed by atoms with van der Waals surface area (Å²) in [5.41, 5.74) is 4.14.